The molecule has 0 radical (unpaired) electrons. The van der Waals surface area contributed by atoms with Crippen molar-refractivity contribution in [1.29, 1.82) is 0 Å². The minimum absolute atomic E-state index is 0.101. The lowest BCUT2D eigenvalue weighted by atomic mass is 9.89. The van der Waals surface area contributed by atoms with Crippen LogP contribution in [-0.2, 0) is 4.74 Å². The SMILES string of the molecule is CC(C)N1C(=O)N=C(N)C12CCCOC2. The maximum atomic E-state index is 11.7. The Kier molecular flexibility index (Phi) is 2.42. The van der Waals surface area contributed by atoms with Gasteiger partial charge in [-0.15, -0.1) is 0 Å². The first-order valence-electron chi connectivity index (χ1n) is 5.33. The van der Waals surface area contributed by atoms with Gasteiger partial charge in [0.05, 0.1) is 6.61 Å². The van der Waals surface area contributed by atoms with E-state index in [9.17, 15) is 4.79 Å². The number of hydrogen-bond donors (Lipinski definition) is 1. The second-order valence-corrected chi connectivity index (χ2v) is 4.43. The molecule has 15 heavy (non-hydrogen) atoms. The van der Waals surface area contributed by atoms with Crippen molar-refractivity contribution in [3.63, 3.8) is 0 Å². The maximum Gasteiger partial charge on any atom is 0.346 e. The summed E-state index contributed by atoms with van der Waals surface area (Å²) in [6.07, 6.45) is 1.78. The molecule has 1 saturated heterocycles. The van der Waals surface area contributed by atoms with Crippen LogP contribution < -0.4 is 5.73 Å². The summed E-state index contributed by atoms with van der Waals surface area (Å²) >= 11 is 0. The van der Waals surface area contributed by atoms with Gasteiger partial charge in [0.2, 0.25) is 0 Å². The standard InChI is InChI=1S/C10H17N3O2/c1-7(2)13-9(14)12-8(11)10(13)4-3-5-15-6-10/h7H,3-6H2,1-2H3,(H2,11,12,14). The molecular formula is C10H17N3O2. The Morgan fingerprint density at radius 1 is 1.60 bits per heavy atom. The zero-order valence-corrected chi connectivity index (χ0v) is 9.19. The second-order valence-electron chi connectivity index (χ2n) is 4.43. The molecule has 0 aliphatic carbocycles. The van der Waals surface area contributed by atoms with Gasteiger partial charge in [0.1, 0.15) is 11.4 Å². The van der Waals surface area contributed by atoms with E-state index in [1.807, 2.05) is 13.8 Å². The minimum Gasteiger partial charge on any atom is -0.385 e. The maximum absolute atomic E-state index is 11.7. The van der Waals surface area contributed by atoms with Crippen molar-refractivity contribution in [2.45, 2.75) is 38.3 Å². The summed E-state index contributed by atoms with van der Waals surface area (Å²) < 4.78 is 5.45. The minimum atomic E-state index is -0.469. The Morgan fingerprint density at radius 3 is 2.87 bits per heavy atom. The Balaban J connectivity index is 2.33. The highest BCUT2D eigenvalue weighted by Gasteiger charge is 2.50. The number of amides is 2. The summed E-state index contributed by atoms with van der Waals surface area (Å²) in [5, 5.41) is 0. The quantitative estimate of drug-likeness (QED) is 0.695. The molecular weight excluding hydrogens is 194 g/mol. The van der Waals surface area contributed by atoms with E-state index in [2.05, 4.69) is 4.99 Å². The summed E-state index contributed by atoms with van der Waals surface area (Å²) in [7, 11) is 0. The van der Waals surface area contributed by atoms with Crippen LogP contribution in [0, 0.1) is 0 Å². The number of carbonyl (C=O) groups excluding carboxylic acids is 1. The second kappa shape index (κ2) is 3.48. The number of rotatable bonds is 1. The molecule has 1 unspecified atom stereocenters. The van der Waals surface area contributed by atoms with Gasteiger partial charge in [0.25, 0.3) is 0 Å². The summed E-state index contributed by atoms with van der Waals surface area (Å²) in [6.45, 7) is 5.17. The Labute approximate surface area is 89.3 Å². The number of nitrogens with zero attached hydrogens (tertiary/aromatic N) is 2. The first-order chi connectivity index (χ1) is 7.08. The molecule has 2 amide bonds. The van der Waals surface area contributed by atoms with Crippen LogP contribution in [0.25, 0.3) is 0 Å². The number of ether oxygens (including phenoxy) is 1. The number of amidine groups is 1. The molecule has 5 nitrogen and oxygen atoms in total. The Bertz CT molecular complexity index is 306. The first kappa shape index (κ1) is 10.4. The monoisotopic (exact) mass is 211 g/mol. The van der Waals surface area contributed by atoms with Gasteiger partial charge in [-0.3, -0.25) is 0 Å². The fourth-order valence-electron chi connectivity index (χ4n) is 2.45. The Hall–Kier alpha value is -1.10. The van der Waals surface area contributed by atoms with Crippen molar-refractivity contribution in [2.24, 2.45) is 10.7 Å². The van der Waals surface area contributed by atoms with Gasteiger partial charge in [0.15, 0.2) is 0 Å². The third-order valence-corrected chi connectivity index (χ3v) is 3.10. The molecule has 2 rings (SSSR count). The lowest BCUT2D eigenvalue weighted by Crippen LogP contribution is -2.60. The molecule has 0 aromatic rings. The number of nitrogens with two attached hydrogens (primary N) is 1. The number of urea groups is 1. The number of carbonyl (C=O) groups is 1. The van der Waals surface area contributed by atoms with Crippen molar-refractivity contribution in [3.8, 4) is 0 Å². The van der Waals surface area contributed by atoms with Crippen molar-refractivity contribution in [1.82, 2.24) is 4.90 Å². The van der Waals surface area contributed by atoms with Crippen LogP contribution in [0.5, 0.6) is 0 Å². The van der Waals surface area contributed by atoms with E-state index >= 15 is 0 Å². The molecule has 1 fully saturated rings. The average molecular weight is 211 g/mol. The highest BCUT2D eigenvalue weighted by atomic mass is 16.5. The van der Waals surface area contributed by atoms with Gasteiger partial charge in [-0.25, -0.2) is 4.79 Å². The van der Waals surface area contributed by atoms with Crippen molar-refractivity contribution in [2.75, 3.05) is 13.2 Å². The summed E-state index contributed by atoms with van der Waals surface area (Å²) in [4.78, 5) is 17.3. The molecule has 2 aliphatic heterocycles. The van der Waals surface area contributed by atoms with Gasteiger partial charge < -0.3 is 15.4 Å². The largest absolute Gasteiger partial charge is 0.385 e. The molecule has 2 aliphatic rings. The summed E-state index contributed by atoms with van der Waals surface area (Å²) in [5.41, 5.74) is 5.40. The summed E-state index contributed by atoms with van der Waals surface area (Å²) in [5.74, 6) is 0.418. The predicted octanol–water partition coefficient (Wildman–Crippen LogP) is 0.737. The van der Waals surface area contributed by atoms with Crippen LogP contribution in [0.3, 0.4) is 0 Å². The van der Waals surface area contributed by atoms with Crippen LogP contribution >= 0.6 is 0 Å². The van der Waals surface area contributed by atoms with Crippen molar-refractivity contribution < 1.29 is 9.53 Å². The van der Waals surface area contributed by atoms with E-state index in [1.54, 1.807) is 4.90 Å². The van der Waals surface area contributed by atoms with Crippen LogP contribution in [0.1, 0.15) is 26.7 Å². The van der Waals surface area contributed by atoms with E-state index in [1.165, 1.54) is 0 Å². The van der Waals surface area contributed by atoms with Gasteiger partial charge >= 0.3 is 6.03 Å². The molecule has 0 aromatic carbocycles. The molecule has 0 bridgehead atoms. The first-order valence-corrected chi connectivity index (χ1v) is 5.33. The van der Waals surface area contributed by atoms with Crippen LogP contribution in [0.2, 0.25) is 0 Å². The van der Waals surface area contributed by atoms with E-state index < -0.39 is 5.54 Å². The van der Waals surface area contributed by atoms with Crippen LogP contribution in [0.4, 0.5) is 4.79 Å². The normalized spacial score (nSPS) is 31.5. The molecule has 2 heterocycles. The van der Waals surface area contributed by atoms with Crippen molar-refractivity contribution >= 4 is 11.9 Å². The average Bonchev–Trinajstić information content (AvgIpc) is 2.39. The Morgan fingerprint density at radius 2 is 2.33 bits per heavy atom. The molecule has 1 spiro atoms. The topological polar surface area (TPSA) is 67.9 Å². The zero-order chi connectivity index (χ0) is 11.1. The zero-order valence-electron chi connectivity index (χ0n) is 9.19. The highest BCUT2D eigenvalue weighted by Crippen LogP contribution is 2.33. The predicted molar refractivity (Wildman–Crippen MR) is 56.8 cm³/mol. The van der Waals surface area contributed by atoms with E-state index in [-0.39, 0.29) is 12.1 Å². The fraction of sp³-hybridized carbons (Fsp3) is 0.800. The van der Waals surface area contributed by atoms with Gasteiger partial charge in [-0.2, -0.15) is 4.99 Å². The molecule has 2 N–H and O–H groups in total. The lowest BCUT2D eigenvalue weighted by Gasteiger charge is -2.42. The van der Waals surface area contributed by atoms with Gasteiger partial charge in [0, 0.05) is 12.6 Å². The number of aliphatic imine (C=N–C) groups is 1. The van der Waals surface area contributed by atoms with E-state index in [4.69, 9.17) is 10.5 Å². The van der Waals surface area contributed by atoms with Gasteiger partial charge in [-0.1, -0.05) is 0 Å². The molecule has 84 valence electrons. The third-order valence-electron chi connectivity index (χ3n) is 3.10. The van der Waals surface area contributed by atoms with Crippen molar-refractivity contribution in [3.05, 3.63) is 0 Å². The smallest absolute Gasteiger partial charge is 0.346 e. The van der Waals surface area contributed by atoms with E-state index in [0.717, 1.165) is 19.4 Å². The van der Waals surface area contributed by atoms with Crippen LogP contribution in [0.15, 0.2) is 4.99 Å². The van der Waals surface area contributed by atoms with Crippen LogP contribution in [-0.4, -0.2) is 41.6 Å². The highest BCUT2D eigenvalue weighted by molar-refractivity contribution is 6.06. The summed E-state index contributed by atoms with van der Waals surface area (Å²) in [6, 6.07) is -0.128. The molecule has 5 heteroatoms. The fourth-order valence-corrected chi connectivity index (χ4v) is 2.45. The van der Waals surface area contributed by atoms with Gasteiger partial charge in [-0.05, 0) is 26.7 Å². The lowest BCUT2D eigenvalue weighted by molar-refractivity contribution is 0.000594. The molecule has 0 saturated carbocycles. The third kappa shape index (κ3) is 1.42. The molecule has 0 aromatic heterocycles. The molecule has 1 atom stereocenters. The number of hydrogen-bond acceptors (Lipinski definition) is 3. The van der Waals surface area contributed by atoms with E-state index in [0.29, 0.717) is 12.4 Å².